The molecule has 24 heavy (non-hydrogen) atoms. The Morgan fingerprint density at radius 2 is 2.12 bits per heavy atom. The zero-order valence-corrected chi connectivity index (χ0v) is 14.8. The van der Waals surface area contributed by atoms with E-state index >= 15 is 0 Å². The Bertz CT molecular complexity index is 695. The maximum atomic E-state index is 12.9. The van der Waals surface area contributed by atoms with Gasteiger partial charge in [0.05, 0.1) is 11.3 Å². The van der Waals surface area contributed by atoms with Gasteiger partial charge in [-0.3, -0.25) is 4.79 Å². The molecule has 1 aromatic heterocycles. The van der Waals surface area contributed by atoms with Crippen molar-refractivity contribution in [2.75, 3.05) is 20.1 Å². The van der Waals surface area contributed by atoms with E-state index in [0.717, 1.165) is 36.4 Å². The van der Waals surface area contributed by atoms with Crippen LogP contribution in [0, 0.1) is 6.92 Å². The number of nitrogens with one attached hydrogen (secondary N) is 1. The van der Waals surface area contributed by atoms with E-state index < -0.39 is 0 Å². The van der Waals surface area contributed by atoms with Crippen LogP contribution < -0.4 is 5.32 Å². The highest BCUT2D eigenvalue weighted by Gasteiger charge is 2.24. The number of likely N-dealkylation sites (tertiary alicyclic amines) is 1. The summed E-state index contributed by atoms with van der Waals surface area (Å²) in [7, 11) is 1.98. The molecular formula is C17H22N4O2S. The normalized spacial score (nSPS) is 15.7. The number of nitrogens with zero attached hydrogens (tertiary/aromatic N) is 3. The molecule has 1 saturated heterocycles. The maximum Gasteiger partial charge on any atom is 0.254 e. The van der Waals surface area contributed by atoms with E-state index in [4.69, 9.17) is 4.52 Å². The van der Waals surface area contributed by atoms with Crippen LogP contribution in [0.25, 0.3) is 0 Å². The maximum absolute atomic E-state index is 12.9. The van der Waals surface area contributed by atoms with Crippen LogP contribution in [0.3, 0.4) is 0 Å². The van der Waals surface area contributed by atoms with Crippen LogP contribution in [0.15, 0.2) is 33.7 Å². The predicted molar refractivity (Wildman–Crippen MR) is 93.0 cm³/mol. The SMILES string of the molecule is CNC1CCN(C(=O)c2ccccc2SCc2nc(C)no2)CC1. The van der Waals surface area contributed by atoms with Gasteiger partial charge in [0.25, 0.3) is 5.91 Å². The summed E-state index contributed by atoms with van der Waals surface area (Å²) >= 11 is 1.55. The molecule has 7 heteroatoms. The number of aromatic nitrogens is 2. The van der Waals surface area contributed by atoms with E-state index in [0.29, 0.717) is 23.5 Å². The molecule has 1 fully saturated rings. The number of thioether (sulfide) groups is 1. The standard InChI is InChI=1S/C17H22N4O2S/c1-12-19-16(23-20-12)11-24-15-6-4-3-5-14(15)17(22)21-9-7-13(18-2)8-10-21/h3-6,13,18H,7-11H2,1-2H3. The van der Waals surface area contributed by atoms with Gasteiger partial charge in [0.1, 0.15) is 0 Å². The Kier molecular flexibility index (Phi) is 5.52. The van der Waals surface area contributed by atoms with E-state index in [-0.39, 0.29) is 5.91 Å². The fourth-order valence-corrected chi connectivity index (χ4v) is 3.73. The van der Waals surface area contributed by atoms with Gasteiger partial charge < -0.3 is 14.7 Å². The van der Waals surface area contributed by atoms with Crippen LogP contribution in [0.1, 0.15) is 34.9 Å². The van der Waals surface area contributed by atoms with Gasteiger partial charge in [-0.15, -0.1) is 11.8 Å². The minimum Gasteiger partial charge on any atom is -0.338 e. The minimum absolute atomic E-state index is 0.106. The van der Waals surface area contributed by atoms with Crippen LogP contribution >= 0.6 is 11.8 Å². The number of hydrogen-bond acceptors (Lipinski definition) is 6. The number of rotatable bonds is 5. The molecule has 2 aromatic rings. The highest BCUT2D eigenvalue weighted by molar-refractivity contribution is 7.98. The van der Waals surface area contributed by atoms with E-state index in [1.165, 1.54) is 0 Å². The van der Waals surface area contributed by atoms with Crippen molar-refractivity contribution in [3.63, 3.8) is 0 Å². The van der Waals surface area contributed by atoms with Crippen LogP contribution in [0.5, 0.6) is 0 Å². The lowest BCUT2D eigenvalue weighted by Crippen LogP contribution is -2.44. The summed E-state index contributed by atoms with van der Waals surface area (Å²) in [6.45, 7) is 3.39. The van der Waals surface area contributed by atoms with Gasteiger partial charge in [-0.2, -0.15) is 4.98 Å². The number of hydrogen-bond donors (Lipinski definition) is 1. The Balaban J connectivity index is 1.68. The van der Waals surface area contributed by atoms with Crippen molar-refractivity contribution in [2.24, 2.45) is 0 Å². The van der Waals surface area contributed by atoms with Crippen LogP contribution in [0.2, 0.25) is 0 Å². The first-order valence-corrected chi connectivity index (χ1v) is 9.13. The summed E-state index contributed by atoms with van der Waals surface area (Å²) in [6, 6.07) is 8.24. The van der Waals surface area contributed by atoms with Crippen molar-refractivity contribution in [3.05, 3.63) is 41.5 Å². The summed E-state index contributed by atoms with van der Waals surface area (Å²) in [4.78, 5) is 20.0. The molecular weight excluding hydrogens is 324 g/mol. The molecule has 128 valence electrons. The second-order valence-electron chi connectivity index (χ2n) is 5.88. The molecule has 1 N–H and O–H groups in total. The summed E-state index contributed by atoms with van der Waals surface area (Å²) < 4.78 is 5.14. The number of carbonyl (C=O) groups excluding carboxylic acids is 1. The third-order valence-electron chi connectivity index (χ3n) is 4.23. The molecule has 1 amide bonds. The lowest BCUT2D eigenvalue weighted by atomic mass is 10.0. The van der Waals surface area contributed by atoms with Gasteiger partial charge in [-0.1, -0.05) is 17.3 Å². The fraction of sp³-hybridized carbons (Fsp3) is 0.471. The van der Waals surface area contributed by atoms with Crippen LogP contribution in [0.4, 0.5) is 0 Å². The third-order valence-corrected chi connectivity index (χ3v) is 5.29. The van der Waals surface area contributed by atoms with Gasteiger partial charge >= 0.3 is 0 Å². The Morgan fingerprint density at radius 3 is 2.79 bits per heavy atom. The van der Waals surface area contributed by atoms with Crippen molar-refractivity contribution in [1.29, 1.82) is 0 Å². The first-order chi connectivity index (χ1) is 11.7. The highest BCUT2D eigenvalue weighted by atomic mass is 32.2. The second kappa shape index (κ2) is 7.81. The average molecular weight is 346 g/mol. The largest absolute Gasteiger partial charge is 0.338 e. The summed E-state index contributed by atoms with van der Waals surface area (Å²) in [6.07, 6.45) is 2.00. The lowest BCUT2D eigenvalue weighted by molar-refractivity contribution is 0.0704. The lowest BCUT2D eigenvalue weighted by Gasteiger charge is -2.32. The van der Waals surface area contributed by atoms with E-state index in [9.17, 15) is 4.79 Å². The topological polar surface area (TPSA) is 71.3 Å². The number of aryl methyl sites for hydroxylation is 1. The van der Waals surface area contributed by atoms with Crippen molar-refractivity contribution in [3.8, 4) is 0 Å². The molecule has 3 rings (SSSR count). The summed E-state index contributed by atoms with van der Waals surface area (Å²) in [5.41, 5.74) is 0.752. The second-order valence-corrected chi connectivity index (χ2v) is 6.89. The van der Waals surface area contributed by atoms with Gasteiger partial charge in [-0.25, -0.2) is 0 Å². The van der Waals surface area contributed by atoms with Gasteiger partial charge in [-0.05, 0) is 38.9 Å². The summed E-state index contributed by atoms with van der Waals surface area (Å²) in [5, 5.41) is 7.08. The summed E-state index contributed by atoms with van der Waals surface area (Å²) in [5.74, 6) is 1.87. The quantitative estimate of drug-likeness (QED) is 0.839. The molecule has 1 aliphatic heterocycles. The Labute approximate surface area is 146 Å². The zero-order valence-electron chi connectivity index (χ0n) is 14.0. The average Bonchev–Trinajstić information content (AvgIpc) is 3.05. The molecule has 0 saturated carbocycles. The zero-order chi connectivity index (χ0) is 16.9. The molecule has 0 radical (unpaired) electrons. The van der Waals surface area contributed by atoms with Crippen LogP contribution in [-0.2, 0) is 5.75 Å². The number of amides is 1. The fourth-order valence-electron chi connectivity index (χ4n) is 2.85. The van der Waals surface area contributed by atoms with Crippen molar-refractivity contribution in [2.45, 2.75) is 36.5 Å². The van der Waals surface area contributed by atoms with Crippen molar-refractivity contribution >= 4 is 17.7 Å². The van der Waals surface area contributed by atoms with Gasteiger partial charge in [0, 0.05) is 24.0 Å². The van der Waals surface area contributed by atoms with E-state index in [2.05, 4.69) is 15.5 Å². The van der Waals surface area contributed by atoms with E-state index in [1.54, 1.807) is 18.7 Å². The monoisotopic (exact) mass is 346 g/mol. The molecule has 0 unspecified atom stereocenters. The molecule has 0 bridgehead atoms. The first-order valence-electron chi connectivity index (χ1n) is 8.15. The van der Waals surface area contributed by atoms with Gasteiger partial charge in [0.2, 0.25) is 5.89 Å². The predicted octanol–water partition coefficient (Wildman–Crippen LogP) is 2.49. The van der Waals surface area contributed by atoms with Gasteiger partial charge in [0.15, 0.2) is 5.82 Å². The Morgan fingerprint density at radius 1 is 1.38 bits per heavy atom. The minimum atomic E-state index is 0.106. The highest BCUT2D eigenvalue weighted by Crippen LogP contribution is 2.27. The molecule has 0 atom stereocenters. The van der Waals surface area contributed by atoms with Crippen LogP contribution in [-0.4, -0.2) is 47.1 Å². The molecule has 0 spiro atoms. The number of piperidine rings is 1. The number of benzene rings is 1. The number of carbonyl (C=O) groups is 1. The molecule has 1 aromatic carbocycles. The molecule has 0 aliphatic carbocycles. The van der Waals surface area contributed by atoms with E-state index in [1.807, 2.05) is 36.2 Å². The Hall–Kier alpha value is -1.86. The molecule has 1 aliphatic rings. The van der Waals surface area contributed by atoms with Crippen molar-refractivity contribution in [1.82, 2.24) is 20.4 Å². The molecule has 6 nitrogen and oxygen atoms in total. The first kappa shape index (κ1) is 17.0. The smallest absolute Gasteiger partial charge is 0.254 e. The third kappa shape index (κ3) is 3.96. The van der Waals surface area contributed by atoms with Crippen molar-refractivity contribution < 1.29 is 9.32 Å². The molecule has 2 heterocycles.